The minimum atomic E-state index is -0.782. The fourth-order valence-corrected chi connectivity index (χ4v) is 2.68. The van der Waals surface area contributed by atoms with Crippen LogP contribution in [0, 0.1) is 0 Å². The zero-order valence-electron chi connectivity index (χ0n) is 15.4. The van der Waals surface area contributed by atoms with Gasteiger partial charge in [-0.05, 0) is 38.5 Å². The van der Waals surface area contributed by atoms with Crippen LogP contribution in [-0.4, -0.2) is 43.6 Å². The number of carbonyl (C=O) groups is 1. The van der Waals surface area contributed by atoms with Gasteiger partial charge < -0.3 is 24.6 Å². The van der Waals surface area contributed by atoms with Gasteiger partial charge in [0.15, 0.2) is 11.5 Å². The summed E-state index contributed by atoms with van der Waals surface area (Å²) in [5.41, 5.74) is 0.730. The maximum Gasteiger partial charge on any atom is 0.257 e. The number of methoxy groups -OCH3 is 3. The lowest BCUT2D eigenvalue weighted by Gasteiger charge is -2.17. The third-order valence-electron chi connectivity index (χ3n) is 4.07. The SMILES string of the molecule is COc1cc(CN=C(C)C2=C(O)C(C)(C)NC2=O)cc(OC)c1OC. The molecule has 1 aliphatic rings. The van der Waals surface area contributed by atoms with E-state index < -0.39 is 5.54 Å². The van der Waals surface area contributed by atoms with Gasteiger partial charge in [0, 0.05) is 5.71 Å². The smallest absolute Gasteiger partial charge is 0.257 e. The minimum absolute atomic E-state index is 0.00337. The summed E-state index contributed by atoms with van der Waals surface area (Å²) < 4.78 is 15.9. The van der Waals surface area contributed by atoms with Crippen molar-refractivity contribution in [2.24, 2.45) is 4.99 Å². The number of nitrogens with one attached hydrogen (secondary N) is 1. The van der Waals surface area contributed by atoms with Crippen LogP contribution in [-0.2, 0) is 11.3 Å². The molecular formula is C18H24N2O5. The van der Waals surface area contributed by atoms with Crippen molar-refractivity contribution in [3.8, 4) is 17.2 Å². The van der Waals surface area contributed by atoms with Crippen LogP contribution in [0.3, 0.4) is 0 Å². The van der Waals surface area contributed by atoms with Crippen molar-refractivity contribution < 1.29 is 24.1 Å². The molecule has 25 heavy (non-hydrogen) atoms. The molecule has 1 aromatic rings. The maximum absolute atomic E-state index is 12.1. The molecule has 7 nitrogen and oxygen atoms in total. The quantitative estimate of drug-likeness (QED) is 0.771. The van der Waals surface area contributed by atoms with Gasteiger partial charge in [0.25, 0.3) is 5.91 Å². The summed E-state index contributed by atoms with van der Waals surface area (Å²) in [6, 6.07) is 3.59. The molecule has 0 radical (unpaired) electrons. The number of rotatable bonds is 6. The van der Waals surface area contributed by atoms with E-state index in [1.807, 2.05) is 0 Å². The van der Waals surface area contributed by atoms with Crippen LogP contribution < -0.4 is 19.5 Å². The summed E-state index contributed by atoms with van der Waals surface area (Å²) in [5.74, 6) is 1.25. The van der Waals surface area contributed by atoms with Crippen molar-refractivity contribution in [2.45, 2.75) is 32.9 Å². The zero-order chi connectivity index (χ0) is 18.8. The zero-order valence-corrected chi connectivity index (χ0v) is 15.4. The second-order valence-corrected chi connectivity index (χ2v) is 6.24. The van der Waals surface area contributed by atoms with Gasteiger partial charge in [-0.2, -0.15) is 0 Å². The lowest BCUT2D eigenvalue weighted by molar-refractivity contribution is -0.117. The van der Waals surface area contributed by atoms with E-state index in [1.54, 1.807) is 47.1 Å². The van der Waals surface area contributed by atoms with Gasteiger partial charge in [0.05, 0.1) is 39.0 Å². The highest BCUT2D eigenvalue weighted by Gasteiger charge is 2.38. The molecule has 1 aliphatic heterocycles. The first-order chi connectivity index (χ1) is 11.7. The molecule has 0 atom stereocenters. The molecule has 1 aromatic carbocycles. The molecule has 7 heteroatoms. The number of benzene rings is 1. The van der Waals surface area contributed by atoms with Gasteiger partial charge in [0.1, 0.15) is 5.76 Å². The van der Waals surface area contributed by atoms with E-state index in [0.717, 1.165) is 5.56 Å². The molecule has 2 rings (SSSR count). The van der Waals surface area contributed by atoms with Crippen LogP contribution in [0.15, 0.2) is 28.5 Å². The van der Waals surface area contributed by atoms with E-state index in [9.17, 15) is 9.90 Å². The van der Waals surface area contributed by atoms with Gasteiger partial charge >= 0.3 is 0 Å². The summed E-state index contributed by atoms with van der Waals surface area (Å²) in [7, 11) is 4.63. The fraction of sp³-hybridized carbons (Fsp3) is 0.444. The predicted molar refractivity (Wildman–Crippen MR) is 94.8 cm³/mol. The van der Waals surface area contributed by atoms with E-state index in [1.165, 1.54) is 7.11 Å². The molecule has 0 fully saturated rings. The number of nitrogens with zero attached hydrogens (tertiary/aromatic N) is 1. The van der Waals surface area contributed by atoms with Crippen LogP contribution in [0.5, 0.6) is 17.2 Å². The first kappa shape index (κ1) is 18.6. The first-order valence-electron chi connectivity index (χ1n) is 7.81. The largest absolute Gasteiger partial charge is 0.509 e. The molecule has 1 heterocycles. The van der Waals surface area contributed by atoms with Crippen LogP contribution in [0.1, 0.15) is 26.3 Å². The lowest BCUT2D eigenvalue weighted by atomic mass is 10.0. The number of aliphatic hydroxyl groups is 1. The molecule has 0 bridgehead atoms. The number of amides is 1. The Morgan fingerprint density at radius 2 is 1.72 bits per heavy atom. The molecule has 0 aromatic heterocycles. The molecule has 2 N–H and O–H groups in total. The lowest BCUT2D eigenvalue weighted by Crippen LogP contribution is -2.38. The topological polar surface area (TPSA) is 89.4 Å². The average Bonchev–Trinajstić information content (AvgIpc) is 2.78. The van der Waals surface area contributed by atoms with Crippen LogP contribution >= 0.6 is 0 Å². The van der Waals surface area contributed by atoms with Crippen LogP contribution in [0.25, 0.3) is 0 Å². The average molecular weight is 348 g/mol. The molecule has 0 unspecified atom stereocenters. The number of hydrogen-bond donors (Lipinski definition) is 2. The molecule has 1 amide bonds. The van der Waals surface area contributed by atoms with Crippen molar-refractivity contribution in [2.75, 3.05) is 21.3 Å². The second kappa shape index (κ2) is 7.04. The van der Waals surface area contributed by atoms with Crippen molar-refractivity contribution in [1.82, 2.24) is 5.32 Å². The van der Waals surface area contributed by atoms with Gasteiger partial charge in [-0.3, -0.25) is 9.79 Å². The minimum Gasteiger partial charge on any atom is -0.509 e. The van der Waals surface area contributed by atoms with Crippen molar-refractivity contribution in [1.29, 1.82) is 0 Å². The van der Waals surface area contributed by atoms with Gasteiger partial charge in [-0.15, -0.1) is 0 Å². The Labute approximate surface area is 147 Å². The Hall–Kier alpha value is -2.70. The summed E-state index contributed by atoms with van der Waals surface area (Å²) in [5, 5.41) is 13.0. The van der Waals surface area contributed by atoms with Crippen LogP contribution in [0.2, 0.25) is 0 Å². The van der Waals surface area contributed by atoms with Gasteiger partial charge in [-0.1, -0.05) is 0 Å². The number of hydrogen-bond acceptors (Lipinski definition) is 6. The molecule has 136 valence electrons. The number of carbonyl (C=O) groups excluding carboxylic acids is 1. The maximum atomic E-state index is 12.1. The predicted octanol–water partition coefficient (Wildman–Crippen LogP) is 2.39. The van der Waals surface area contributed by atoms with Crippen molar-refractivity contribution in [3.05, 3.63) is 29.0 Å². The Balaban J connectivity index is 2.33. The fourth-order valence-electron chi connectivity index (χ4n) is 2.68. The van der Waals surface area contributed by atoms with Crippen molar-refractivity contribution in [3.63, 3.8) is 0 Å². The van der Waals surface area contributed by atoms with E-state index in [-0.39, 0.29) is 17.2 Å². The molecule has 0 saturated carbocycles. The Morgan fingerprint density at radius 1 is 1.16 bits per heavy atom. The van der Waals surface area contributed by atoms with E-state index in [0.29, 0.717) is 29.5 Å². The van der Waals surface area contributed by atoms with E-state index >= 15 is 0 Å². The highest BCUT2D eigenvalue weighted by molar-refractivity contribution is 6.23. The number of aliphatic imine (C=N–C) groups is 1. The van der Waals surface area contributed by atoms with E-state index in [2.05, 4.69) is 10.3 Å². The third kappa shape index (κ3) is 3.55. The standard InChI is InChI=1S/C18H24N2O5/c1-10(14-16(21)18(2,3)20-17(14)22)19-9-11-7-12(23-4)15(25-6)13(8-11)24-5/h7-8,21H,9H2,1-6H3,(H,20,22). The second-order valence-electron chi connectivity index (χ2n) is 6.24. The normalized spacial score (nSPS) is 16.7. The third-order valence-corrected chi connectivity index (χ3v) is 4.07. The molecule has 0 saturated heterocycles. The first-order valence-corrected chi connectivity index (χ1v) is 7.81. The van der Waals surface area contributed by atoms with Crippen LogP contribution in [0.4, 0.5) is 0 Å². The molecule has 0 spiro atoms. The molecule has 0 aliphatic carbocycles. The highest BCUT2D eigenvalue weighted by Crippen LogP contribution is 2.38. The molecular weight excluding hydrogens is 324 g/mol. The van der Waals surface area contributed by atoms with Crippen molar-refractivity contribution >= 4 is 11.6 Å². The summed E-state index contributed by atoms with van der Waals surface area (Å²) >= 11 is 0. The number of aliphatic hydroxyl groups excluding tert-OH is 1. The summed E-state index contributed by atoms with van der Waals surface area (Å²) in [6.45, 7) is 5.47. The number of ether oxygens (including phenoxy) is 3. The van der Waals surface area contributed by atoms with E-state index in [4.69, 9.17) is 14.2 Å². The Bertz CT molecular complexity index is 725. The Kier molecular flexibility index (Phi) is 5.25. The summed E-state index contributed by atoms with van der Waals surface area (Å²) in [6.07, 6.45) is 0. The Morgan fingerprint density at radius 3 is 2.12 bits per heavy atom. The highest BCUT2D eigenvalue weighted by atomic mass is 16.5. The van der Waals surface area contributed by atoms with Gasteiger partial charge in [0.2, 0.25) is 5.75 Å². The summed E-state index contributed by atoms with van der Waals surface area (Å²) in [4.78, 5) is 16.5. The van der Waals surface area contributed by atoms with Gasteiger partial charge in [-0.25, -0.2) is 0 Å². The monoisotopic (exact) mass is 348 g/mol.